The van der Waals surface area contributed by atoms with Crippen molar-refractivity contribution in [1.29, 1.82) is 0 Å². The molecule has 0 saturated carbocycles. The molecule has 4 N–H and O–H groups in total. The number of carbonyl (C=O) groups excluding carboxylic acids is 2. The molecular formula is C19H25N7O5S. The van der Waals surface area contributed by atoms with Crippen LogP contribution in [0.5, 0.6) is 0 Å². The first-order valence-electron chi connectivity index (χ1n) is 9.64. The summed E-state index contributed by atoms with van der Waals surface area (Å²) >= 11 is 0. The third-order valence-corrected chi connectivity index (χ3v) is 5.14. The predicted octanol–water partition coefficient (Wildman–Crippen LogP) is 2.25. The van der Waals surface area contributed by atoms with Gasteiger partial charge in [0.1, 0.15) is 23.6 Å². The van der Waals surface area contributed by atoms with Crippen molar-refractivity contribution >= 4 is 39.7 Å². The molecule has 0 radical (unpaired) electrons. The SMILES string of the molecule is CN1Cc2c(NCc3ccc(NS(=O)(=O)NC(=O)OC(C)(C)C)cc3)ncnc2NC1=O. The van der Waals surface area contributed by atoms with Crippen LogP contribution < -0.4 is 20.1 Å². The lowest BCUT2D eigenvalue weighted by molar-refractivity contribution is 0.0570. The zero-order valence-corrected chi connectivity index (χ0v) is 18.9. The maximum absolute atomic E-state index is 12.1. The monoisotopic (exact) mass is 463 g/mol. The van der Waals surface area contributed by atoms with Crippen LogP contribution in [0.15, 0.2) is 30.6 Å². The van der Waals surface area contributed by atoms with E-state index >= 15 is 0 Å². The van der Waals surface area contributed by atoms with E-state index in [1.165, 1.54) is 11.2 Å². The molecule has 0 aliphatic carbocycles. The van der Waals surface area contributed by atoms with Gasteiger partial charge >= 0.3 is 22.3 Å². The second-order valence-electron chi connectivity index (χ2n) is 8.10. The van der Waals surface area contributed by atoms with Gasteiger partial charge in [-0.1, -0.05) is 12.1 Å². The molecule has 13 heteroatoms. The summed E-state index contributed by atoms with van der Waals surface area (Å²) in [4.78, 5) is 33.3. The Bertz CT molecular complexity index is 1110. The fourth-order valence-corrected chi connectivity index (χ4v) is 3.55. The van der Waals surface area contributed by atoms with E-state index in [-0.39, 0.29) is 11.7 Å². The summed E-state index contributed by atoms with van der Waals surface area (Å²) in [5.74, 6) is 1.06. The number of benzene rings is 1. The Balaban J connectivity index is 1.60. The van der Waals surface area contributed by atoms with Crippen LogP contribution in [-0.4, -0.2) is 48.1 Å². The minimum Gasteiger partial charge on any atom is -0.443 e. The molecule has 0 fully saturated rings. The molecule has 172 valence electrons. The molecule has 1 aromatic carbocycles. The molecule has 32 heavy (non-hydrogen) atoms. The topological polar surface area (TPSA) is 155 Å². The van der Waals surface area contributed by atoms with Crippen LogP contribution in [0.3, 0.4) is 0 Å². The zero-order valence-electron chi connectivity index (χ0n) is 18.1. The number of aromatic nitrogens is 2. The summed E-state index contributed by atoms with van der Waals surface area (Å²) in [6, 6.07) is 6.34. The fourth-order valence-electron chi connectivity index (χ4n) is 2.79. The highest BCUT2D eigenvalue weighted by molar-refractivity contribution is 7.91. The van der Waals surface area contributed by atoms with Crippen molar-refractivity contribution in [3.63, 3.8) is 0 Å². The highest BCUT2D eigenvalue weighted by atomic mass is 32.2. The zero-order chi connectivity index (χ0) is 23.5. The minimum atomic E-state index is -4.14. The largest absolute Gasteiger partial charge is 0.443 e. The van der Waals surface area contributed by atoms with Gasteiger partial charge in [0.15, 0.2) is 0 Å². The smallest absolute Gasteiger partial charge is 0.422 e. The lowest BCUT2D eigenvalue weighted by atomic mass is 10.2. The van der Waals surface area contributed by atoms with Crippen LogP contribution in [0.4, 0.5) is 26.9 Å². The molecule has 1 aliphatic heterocycles. The van der Waals surface area contributed by atoms with Gasteiger partial charge in [-0.05, 0) is 38.5 Å². The van der Waals surface area contributed by atoms with Gasteiger partial charge in [-0.2, -0.15) is 8.42 Å². The predicted molar refractivity (Wildman–Crippen MR) is 118 cm³/mol. The molecule has 0 spiro atoms. The Labute approximate surface area is 185 Å². The van der Waals surface area contributed by atoms with Gasteiger partial charge in [-0.25, -0.2) is 24.3 Å². The molecule has 3 rings (SSSR count). The number of rotatable bonds is 6. The van der Waals surface area contributed by atoms with E-state index in [4.69, 9.17) is 4.74 Å². The Hall–Kier alpha value is -3.61. The average molecular weight is 464 g/mol. The molecule has 12 nitrogen and oxygen atoms in total. The first kappa shape index (κ1) is 23.1. The van der Waals surface area contributed by atoms with Crippen molar-refractivity contribution in [2.24, 2.45) is 0 Å². The molecule has 0 unspecified atom stereocenters. The van der Waals surface area contributed by atoms with Crippen LogP contribution in [0, 0.1) is 0 Å². The van der Waals surface area contributed by atoms with E-state index in [9.17, 15) is 18.0 Å². The summed E-state index contributed by atoms with van der Waals surface area (Å²) in [6.07, 6.45) is 0.295. The number of hydrogen-bond donors (Lipinski definition) is 4. The Morgan fingerprint density at radius 1 is 1.22 bits per heavy atom. The second kappa shape index (κ2) is 8.86. The quantitative estimate of drug-likeness (QED) is 0.508. The molecule has 1 aliphatic rings. The summed E-state index contributed by atoms with van der Waals surface area (Å²) in [6.45, 7) is 5.67. The van der Waals surface area contributed by atoms with Gasteiger partial charge in [-0.3, -0.25) is 10.0 Å². The van der Waals surface area contributed by atoms with Crippen molar-refractivity contribution in [2.75, 3.05) is 22.4 Å². The van der Waals surface area contributed by atoms with Gasteiger partial charge in [-0.15, -0.1) is 0 Å². The molecule has 2 aromatic rings. The summed E-state index contributed by atoms with van der Waals surface area (Å²) in [5.41, 5.74) is 1.08. The van der Waals surface area contributed by atoms with Crippen LogP contribution in [-0.2, 0) is 28.0 Å². The van der Waals surface area contributed by atoms with E-state index in [1.54, 1.807) is 56.8 Å². The molecular weight excluding hydrogens is 438 g/mol. The number of ether oxygens (including phenoxy) is 1. The van der Waals surface area contributed by atoms with Gasteiger partial charge < -0.3 is 15.0 Å². The van der Waals surface area contributed by atoms with Crippen molar-refractivity contribution in [2.45, 2.75) is 39.5 Å². The van der Waals surface area contributed by atoms with E-state index in [1.807, 2.05) is 0 Å². The molecule has 3 amide bonds. The average Bonchev–Trinajstić information content (AvgIpc) is 2.66. The summed E-state index contributed by atoms with van der Waals surface area (Å²) in [7, 11) is -2.47. The summed E-state index contributed by atoms with van der Waals surface area (Å²) < 4.78 is 33.2. The third kappa shape index (κ3) is 6.20. The maximum Gasteiger partial charge on any atom is 0.422 e. The standard InChI is InChI=1S/C19H25N7O5S/c1-19(2,3)31-18(28)25-32(29,30)24-13-7-5-12(6-8-13)9-20-15-14-10-26(4)17(27)23-16(14)22-11-21-15/h5-8,11,24H,9-10H2,1-4H3,(H,25,28)(H2,20,21,22,23,27). The van der Waals surface area contributed by atoms with E-state index in [2.05, 4.69) is 25.3 Å². The van der Waals surface area contributed by atoms with Gasteiger partial charge in [0.2, 0.25) is 0 Å². The van der Waals surface area contributed by atoms with Crippen LogP contribution >= 0.6 is 0 Å². The number of nitrogens with zero attached hydrogens (tertiary/aromatic N) is 3. The van der Waals surface area contributed by atoms with Crippen molar-refractivity contribution in [3.8, 4) is 0 Å². The van der Waals surface area contributed by atoms with Crippen LogP contribution in [0.25, 0.3) is 0 Å². The molecule has 2 heterocycles. The van der Waals surface area contributed by atoms with Gasteiger partial charge in [0, 0.05) is 13.6 Å². The van der Waals surface area contributed by atoms with E-state index in [0.29, 0.717) is 24.7 Å². The maximum atomic E-state index is 12.1. The van der Waals surface area contributed by atoms with Crippen molar-refractivity contribution in [1.82, 2.24) is 19.6 Å². The number of fused-ring (bicyclic) bond motifs is 1. The van der Waals surface area contributed by atoms with Gasteiger partial charge in [0.05, 0.1) is 17.8 Å². The highest BCUT2D eigenvalue weighted by Crippen LogP contribution is 2.26. The lowest BCUT2D eigenvalue weighted by Gasteiger charge is -2.26. The Kier molecular flexibility index (Phi) is 6.39. The number of anilines is 3. The normalized spacial score (nSPS) is 13.6. The number of nitrogens with one attached hydrogen (secondary N) is 4. The number of hydrogen-bond acceptors (Lipinski definition) is 8. The van der Waals surface area contributed by atoms with E-state index < -0.39 is 21.9 Å². The van der Waals surface area contributed by atoms with Crippen molar-refractivity contribution < 1.29 is 22.7 Å². The summed E-state index contributed by atoms with van der Waals surface area (Å²) in [5, 5.41) is 5.89. The van der Waals surface area contributed by atoms with E-state index in [0.717, 1.165) is 11.1 Å². The Morgan fingerprint density at radius 2 is 1.91 bits per heavy atom. The lowest BCUT2D eigenvalue weighted by Crippen LogP contribution is -2.39. The van der Waals surface area contributed by atoms with Crippen molar-refractivity contribution in [3.05, 3.63) is 41.7 Å². The first-order valence-corrected chi connectivity index (χ1v) is 11.1. The number of urea groups is 1. The number of carbonyl (C=O) groups is 2. The molecule has 0 atom stereocenters. The van der Waals surface area contributed by atoms with Crippen LogP contribution in [0.2, 0.25) is 0 Å². The third-order valence-electron chi connectivity index (χ3n) is 4.20. The molecule has 1 aromatic heterocycles. The first-order chi connectivity index (χ1) is 14.9. The van der Waals surface area contributed by atoms with Crippen LogP contribution in [0.1, 0.15) is 31.9 Å². The fraction of sp³-hybridized carbons (Fsp3) is 0.368. The second-order valence-corrected chi connectivity index (χ2v) is 9.51. The van der Waals surface area contributed by atoms with Gasteiger partial charge in [0.25, 0.3) is 0 Å². The minimum absolute atomic E-state index is 0.235. The molecule has 0 saturated heterocycles. The number of amides is 3. The molecule has 0 bridgehead atoms. The Morgan fingerprint density at radius 3 is 2.56 bits per heavy atom. The highest BCUT2D eigenvalue weighted by Gasteiger charge is 2.24.